The molecule has 0 aliphatic carbocycles. The van der Waals surface area contributed by atoms with Gasteiger partial charge in [0.25, 0.3) is 0 Å². The van der Waals surface area contributed by atoms with Gasteiger partial charge < -0.3 is 10.3 Å². The fraction of sp³-hybridized carbons (Fsp3) is 0.429. The Hall–Kier alpha value is -1.50. The molecule has 0 aromatic carbocycles. The lowest BCUT2D eigenvalue weighted by molar-refractivity contribution is 0.739. The third-order valence-electron chi connectivity index (χ3n) is 1.62. The summed E-state index contributed by atoms with van der Waals surface area (Å²) in [5, 5.41) is 8.55. The number of nitrogen functional groups attached to an aromatic ring is 1. The SMILES string of the molecule is CCn1c(C)nc(C#N)c1N. The highest BCUT2D eigenvalue weighted by atomic mass is 15.1. The zero-order valence-electron chi connectivity index (χ0n) is 6.63. The van der Waals surface area contributed by atoms with Crippen molar-refractivity contribution < 1.29 is 0 Å². The van der Waals surface area contributed by atoms with Crippen LogP contribution in [0.5, 0.6) is 0 Å². The second-order valence-corrected chi connectivity index (χ2v) is 2.25. The molecule has 0 radical (unpaired) electrons. The van der Waals surface area contributed by atoms with Crippen molar-refractivity contribution in [2.24, 2.45) is 0 Å². The summed E-state index contributed by atoms with van der Waals surface area (Å²) in [4.78, 5) is 3.98. The summed E-state index contributed by atoms with van der Waals surface area (Å²) in [5.74, 6) is 1.26. The van der Waals surface area contributed by atoms with Crippen LogP contribution in [0.15, 0.2) is 0 Å². The molecule has 0 amide bonds. The van der Waals surface area contributed by atoms with Gasteiger partial charge in [-0.15, -0.1) is 0 Å². The van der Waals surface area contributed by atoms with Crippen LogP contribution in [0, 0.1) is 18.3 Å². The molecule has 1 rings (SSSR count). The maximum Gasteiger partial charge on any atom is 0.182 e. The van der Waals surface area contributed by atoms with E-state index >= 15 is 0 Å². The van der Waals surface area contributed by atoms with E-state index < -0.39 is 0 Å². The van der Waals surface area contributed by atoms with Crippen molar-refractivity contribution in [1.29, 1.82) is 5.26 Å². The van der Waals surface area contributed by atoms with Gasteiger partial charge in [0.05, 0.1) is 0 Å². The van der Waals surface area contributed by atoms with Crippen molar-refractivity contribution in [3.8, 4) is 6.07 Å². The average molecular weight is 150 g/mol. The molecule has 0 saturated carbocycles. The maximum atomic E-state index is 8.55. The molecule has 11 heavy (non-hydrogen) atoms. The van der Waals surface area contributed by atoms with Crippen molar-refractivity contribution in [3.63, 3.8) is 0 Å². The third-order valence-corrected chi connectivity index (χ3v) is 1.62. The van der Waals surface area contributed by atoms with Crippen LogP contribution >= 0.6 is 0 Å². The Morgan fingerprint density at radius 2 is 2.36 bits per heavy atom. The average Bonchev–Trinajstić information content (AvgIpc) is 2.26. The minimum absolute atomic E-state index is 0.323. The van der Waals surface area contributed by atoms with Gasteiger partial charge in [-0.1, -0.05) is 0 Å². The van der Waals surface area contributed by atoms with Crippen molar-refractivity contribution in [2.45, 2.75) is 20.4 Å². The Kier molecular flexibility index (Phi) is 1.81. The fourth-order valence-corrected chi connectivity index (χ4v) is 1.06. The van der Waals surface area contributed by atoms with Crippen LogP contribution in [-0.2, 0) is 6.54 Å². The number of hydrogen-bond acceptors (Lipinski definition) is 3. The van der Waals surface area contributed by atoms with Gasteiger partial charge in [-0.2, -0.15) is 5.26 Å². The number of nitrogens with two attached hydrogens (primary N) is 1. The summed E-state index contributed by atoms with van der Waals surface area (Å²) in [5.41, 5.74) is 5.93. The van der Waals surface area contributed by atoms with E-state index in [0.717, 1.165) is 12.4 Å². The predicted octanol–water partition coefficient (Wildman–Crippen LogP) is 0.665. The first-order valence-electron chi connectivity index (χ1n) is 3.43. The summed E-state index contributed by atoms with van der Waals surface area (Å²) in [6, 6.07) is 1.93. The molecule has 0 aliphatic rings. The Labute approximate surface area is 65.3 Å². The lowest BCUT2D eigenvalue weighted by Gasteiger charge is -2.00. The summed E-state index contributed by atoms with van der Waals surface area (Å²) < 4.78 is 1.80. The highest BCUT2D eigenvalue weighted by molar-refractivity contribution is 5.45. The van der Waals surface area contributed by atoms with E-state index in [1.54, 1.807) is 4.57 Å². The quantitative estimate of drug-likeness (QED) is 0.639. The first kappa shape index (κ1) is 7.61. The van der Waals surface area contributed by atoms with E-state index in [1.807, 2.05) is 19.9 Å². The summed E-state index contributed by atoms with van der Waals surface area (Å²) in [6.07, 6.45) is 0. The standard InChI is InChI=1S/C7H10N4/c1-3-11-5(2)10-6(4-8)7(11)9/h3,9H2,1-2H3. The van der Waals surface area contributed by atoms with Crippen LogP contribution in [0.25, 0.3) is 0 Å². The number of aromatic nitrogens is 2. The van der Waals surface area contributed by atoms with Crippen molar-refractivity contribution in [1.82, 2.24) is 9.55 Å². The van der Waals surface area contributed by atoms with E-state index in [-0.39, 0.29) is 0 Å². The minimum Gasteiger partial charge on any atom is -0.383 e. The van der Waals surface area contributed by atoms with Crippen LogP contribution in [0.3, 0.4) is 0 Å². The van der Waals surface area contributed by atoms with Crippen LogP contribution in [0.4, 0.5) is 5.82 Å². The van der Waals surface area contributed by atoms with Crippen molar-refractivity contribution >= 4 is 5.82 Å². The number of hydrogen-bond donors (Lipinski definition) is 1. The molecular formula is C7H10N4. The molecule has 0 spiro atoms. The highest BCUT2D eigenvalue weighted by Crippen LogP contribution is 2.11. The van der Waals surface area contributed by atoms with Gasteiger partial charge >= 0.3 is 0 Å². The van der Waals surface area contributed by atoms with Gasteiger partial charge in [0.2, 0.25) is 0 Å². The Morgan fingerprint density at radius 3 is 2.64 bits per heavy atom. The minimum atomic E-state index is 0.323. The number of nitrogens with zero attached hydrogens (tertiary/aromatic N) is 3. The smallest absolute Gasteiger partial charge is 0.182 e. The molecule has 0 aliphatic heterocycles. The molecule has 4 heteroatoms. The maximum absolute atomic E-state index is 8.55. The van der Waals surface area contributed by atoms with Crippen molar-refractivity contribution in [3.05, 3.63) is 11.5 Å². The van der Waals surface area contributed by atoms with E-state index in [9.17, 15) is 0 Å². The van der Waals surface area contributed by atoms with E-state index in [1.165, 1.54) is 0 Å². The molecule has 0 saturated heterocycles. The van der Waals surface area contributed by atoms with Crippen LogP contribution in [0.1, 0.15) is 18.4 Å². The topological polar surface area (TPSA) is 67.6 Å². The summed E-state index contributed by atoms with van der Waals surface area (Å²) >= 11 is 0. The second-order valence-electron chi connectivity index (χ2n) is 2.25. The molecule has 0 unspecified atom stereocenters. The highest BCUT2D eigenvalue weighted by Gasteiger charge is 2.08. The number of imidazole rings is 1. The Morgan fingerprint density at radius 1 is 1.73 bits per heavy atom. The summed E-state index contributed by atoms with van der Waals surface area (Å²) in [7, 11) is 0. The second kappa shape index (κ2) is 2.62. The Balaban J connectivity index is 3.28. The largest absolute Gasteiger partial charge is 0.383 e. The lowest BCUT2D eigenvalue weighted by Crippen LogP contribution is -2.02. The first-order chi connectivity index (χ1) is 5.20. The molecular weight excluding hydrogens is 140 g/mol. The van der Waals surface area contributed by atoms with Gasteiger partial charge in [-0.05, 0) is 13.8 Å². The van der Waals surface area contributed by atoms with Crippen LogP contribution < -0.4 is 5.73 Å². The molecule has 0 atom stereocenters. The van der Waals surface area contributed by atoms with Crippen LogP contribution in [0.2, 0.25) is 0 Å². The van der Waals surface area contributed by atoms with E-state index in [2.05, 4.69) is 4.98 Å². The lowest BCUT2D eigenvalue weighted by atomic mass is 10.5. The zero-order chi connectivity index (χ0) is 8.43. The molecule has 58 valence electrons. The predicted molar refractivity (Wildman–Crippen MR) is 41.8 cm³/mol. The number of nitriles is 1. The summed E-state index contributed by atoms with van der Waals surface area (Å²) in [6.45, 7) is 4.55. The normalized spacial score (nSPS) is 9.55. The number of rotatable bonds is 1. The van der Waals surface area contributed by atoms with E-state index in [0.29, 0.717) is 11.5 Å². The molecule has 1 aromatic rings. The fourth-order valence-electron chi connectivity index (χ4n) is 1.06. The molecule has 0 bridgehead atoms. The van der Waals surface area contributed by atoms with Crippen molar-refractivity contribution in [2.75, 3.05) is 5.73 Å². The Bertz CT molecular complexity index is 305. The van der Waals surface area contributed by atoms with Gasteiger partial charge in [0.15, 0.2) is 5.69 Å². The molecule has 0 fully saturated rings. The molecule has 1 heterocycles. The number of anilines is 1. The molecule has 1 aromatic heterocycles. The van der Waals surface area contributed by atoms with Gasteiger partial charge in [0, 0.05) is 6.54 Å². The van der Waals surface area contributed by atoms with Gasteiger partial charge in [-0.25, -0.2) is 4.98 Å². The van der Waals surface area contributed by atoms with Gasteiger partial charge in [0.1, 0.15) is 17.7 Å². The molecule has 2 N–H and O–H groups in total. The first-order valence-corrected chi connectivity index (χ1v) is 3.43. The number of aryl methyl sites for hydroxylation is 1. The van der Waals surface area contributed by atoms with Gasteiger partial charge in [-0.3, -0.25) is 0 Å². The van der Waals surface area contributed by atoms with E-state index in [4.69, 9.17) is 11.0 Å². The van der Waals surface area contributed by atoms with Crippen LogP contribution in [-0.4, -0.2) is 9.55 Å². The zero-order valence-corrected chi connectivity index (χ0v) is 6.63. The third kappa shape index (κ3) is 1.05. The molecule has 4 nitrogen and oxygen atoms in total. The monoisotopic (exact) mass is 150 g/mol.